The van der Waals surface area contributed by atoms with E-state index in [2.05, 4.69) is 5.32 Å². The van der Waals surface area contributed by atoms with Gasteiger partial charge in [0, 0.05) is 18.4 Å². The molecule has 0 aliphatic rings. The summed E-state index contributed by atoms with van der Waals surface area (Å²) in [5.41, 5.74) is 0.554. The Labute approximate surface area is 98.4 Å². The van der Waals surface area contributed by atoms with Crippen molar-refractivity contribution in [1.29, 1.82) is 0 Å². The van der Waals surface area contributed by atoms with Gasteiger partial charge < -0.3 is 10.4 Å². The van der Waals surface area contributed by atoms with Crippen LogP contribution in [0, 0.1) is 0 Å². The zero-order chi connectivity index (χ0) is 12.7. The van der Waals surface area contributed by atoms with E-state index in [0.29, 0.717) is 5.56 Å². The molecule has 2 N–H and O–H groups in total. The number of ketones is 1. The monoisotopic (exact) mass is 235 g/mol. The van der Waals surface area contributed by atoms with Gasteiger partial charge in [-0.05, 0) is 0 Å². The van der Waals surface area contributed by atoms with Crippen LogP contribution in [-0.2, 0) is 9.59 Å². The smallest absolute Gasteiger partial charge is 0.322 e. The zero-order valence-corrected chi connectivity index (χ0v) is 9.18. The fourth-order valence-corrected chi connectivity index (χ4v) is 1.26. The van der Waals surface area contributed by atoms with Crippen molar-refractivity contribution >= 4 is 17.7 Å². The highest BCUT2D eigenvalue weighted by Crippen LogP contribution is 2.04. The average molecular weight is 235 g/mol. The summed E-state index contributed by atoms with van der Waals surface area (Å²) in [7, 11) is 0. The summed E-state index contributed by atoms with van der Waals surface area (Å²) in [4.78, 5) is 32.9. The van der Waals surface area contributed by atoms with E-state index in [4.69, 9.17) is 5.11 Å². The van der Waals surface area contributed by atoms with Gasteiger partial charge in [-0.2, -0.15) is 0 Å². The van der Waals surface area contributed by atoms with Crippen LogP contribution in [-0.4, -0.2) is 29.3 Å². The second-order valence-corrected chi connectivity index (χ2v) is 3.46. The first-order chi connectivity index (χ1) is 8.09. The lowest BCUT2D eigenvalue weighted by atomic mass is 10.1. The minimum atomic E-state index is -1.10. The highest BCUT2D eigenvalue weighted by atomic mass is 16.4. The SMILES string of the molecule is O=C(O)CNC(=O)CCC(=O)c1ccccc1. The summed E-state index contributed by atoms with van der Waals surface area (Å²) in [5.74, 6) is -1.67. The lowest BCUT2D eigenvalue weighted by Gasteiger charge is -2.02. The van der Waals surface area contributed by atoms with Gasteiger partial charge in [-0.1, -0.05) is 30.3 Å². The Balaban J connectivity index is 2.34. The summed E-state index contributed by atoms with van der Waals surface area (Å²) < 4.78 is 0. The maximum absolute atomic E-state index is 11.6. The standard InChI is InChI=1S/C12H13NO4/c14-10(9-4-2-1-3-5-9)6-7-11(15)13-8-12(16)17/h1-5H,6-8H2,(H,13,15)(H,16,17). The third-order valence-corrected chi connectivity index (χ3v) is 2.11. The molecule has 0 fully saturated rings. The van der Waals surface area contributed by atoms with E-state index in [1.807, 2.05) is 0 Å². The molecule has 0 radical (unpaired) electrons. The predicted molar refractivity (Wildman–Crippen MR) is 60.7 cm³/mol. The largest absolute Gasteiger partial charge is 0.480 e. The van der Waals surface area contributed by atoms with Crippen molar-refractivity contribution in [3.8, 4) is 0 Å². The van der Waals surface area contributed by atoms with Crippen molar-refractivity contribution in [3.63, 3.8) is 0 Å². The lowest BCUT2D eigenvalue weighted by Crippen LogP contribution is -2.29. The molecule has 0 saturated heterocycles. The highest BCUT2D eigenvalue weighted by Gasteiger charge is 2.09. The number of hydrogen-bond donors (Lipinski definition) is 2. The quantitative estimate of drug-likeness (QED) is 0.716. The Hall–Kier alpha value is -2.17. The third-order valence-electron chi connectivity index (χ3n) is 2.11. The number of carboxylic acids is 1. The zero-order valence-electron chi connectivity index (χ0n) is 9.18. The lowest BCUT2D eigenvalue weighted by molar-refractivity contribution is -0.137. The minimum Gasteiger partial charge on any atom is -0.480 e. The first-order valence-electron chi connectivity index (χ1n) is 5.16. The first kappa shape index (κ1) is 12.9. The second kappa shape index (κ2) is 6.42. The minimum absolute atomic E-state index is 0.001000. The molecule has 5 nitrogen and oxygen atoms in total. The molecule has 1 aromatic rings. The second-order valence-electron chi connectivity index (χ2n) is 3.46. The van der Waals surface area contributed by atoms with Crippen LogP contribution in [0.25, 0.3) is 0 Å². The molecule has 0 heterocycles. The van der Waals surface area contributed by atoms with E-state index in [9.17, 15) is 14.4 Å². The van der Waals surface area contributed by atoms with Gasteiger partial charge in [-0.3, -0.25) is 14.4 Å². The number of benzene rings is 1. The third kappa shape index (κ3) is 4.92. The van der Waals surface area contributed by atoms with E-state index >= 15 is 0 Å². The summed E-state index contributed by atoms with van der Waals surface area (Å²) in [6.07, 6.45) is 0.0798. The number of nitrogens with one attached hydrogen (secondary N) is 1. The van der Waals surface area contributed by atoms with Crippen LogP contribution >= 0.6 is 0 Å². The normalized spacial score (nSPS) is 9.65. The molecule has 0 saturated carbocycles. The Bertz CT molecular complexity index is 414. The Morgan fingerprint density at radius 3 is 2.29 bits per heavy atom. The summed E-state index contributed by atoms with van der Waals surface area (Å²) in [6, 6.07) is 8.65. The number of carbonyl (C=O) groups is 3. The number of rotatable bonds is 6. The molecule has 0 spiro atoms. The molecule has 1 amide bonds. The van der Waals surface area contributed by atoms with E-state index in [-0.39, 0.29) is 18.6 Å². The fraction of sp³-hybridized carbons (Fsp3) is 0.250. The van der Waals surface area contributed by atoms with Crippen LogP contribution in [0.4, 0.5) is 0 Å². The Morgan fingerprint density at radius 1 is 1.06 bits per heavy atom. The van der Waals surface area contributed by atoms with Crippen LogP contribution in [0.2, 0.25) is 0 Å². The molecule has 90 valence electrons. The Morgan fingerprint density at radius 2 is 1.71 bits per heavy atom. The number of Topliss-reactive ketones (excluding diaryl/α,β-unsaturated/α-hetero) is 1. The number of amides is 1. The summed E-state index contributed by atoms with van der Waals surface area (Å²) in [6.45, 7) is -0.418. The van der Waals surface area contributed by atoms with Gasteiger partial charge >= 0.3 is 5.97 Å². The van der Waals surface area contributed by atoms with Crippen LogP contribution in [0.5, 0.6) is 0 Å². The fourth-order valence-electron chi connectivity index (χ4n) is 1.26. The van der Waals surface area contributed by atoms with Crippen LogP contribution in [0.3, 0.4) is 0 Å². The van der Waals surface area contributed by atoms with E-state index in [1.54, 1.807) is 30.3 Å². The van der Waals surface area contributed by atoms with Crippen molar-refractivity contribution < 1.29 is 19.5 Å². The molecule has 0 unspecified atom stereocenters. The van der Waals surface area contributed by atoms with Crippen molar-refractivity contribution in [2.75, 3.05) is 6.54 Å². The van der Waals surface area contributed by atoms with Gasteiger partial charge in [-0.25, -0.2) is 0 Å². The number of carbonyl (C=O) groups excluding carboxylic acids is 2. The molecule has 17 heavy (non-hydrogen) atoms. The van der Waals surface area contributed by atoms with Crippen LogP contribution in [0.1, 0.15) is 23.2 Å². The molecule has 0 atom stereocenters. The molecule has 0 bridgehead atoms. The van der Waals surface area contributed by atoms with Gasteiger partial charge in [0.15, 0.2) is 5.78 Å². The van der Waals surface area contributed by atoms with Gasteiger partial charge in [-0.15, -0.1) is 0 Å². The molecule has 1 aromatic carbocycles. The molecule has 0 aliphatic carbocycles. The van der Waals surface area contributed by atoms with Crippen molar-refractivity contribution in [1.82, 2.24) is 5.32 Å². The number of hydrogen-bond acceptors (Lipinski definition) is 3. The topological polar surface area (TPSA) is 83.5 Å². The van der Waals surface area contributed by atoms with Crippen LogP contribution in [0.15, 0.2) is 30.3 Å². The van der Waals surface area contributed by atoms with Crippen LogP contribution < -0.4 is 5.32 Å². The summed E-state index contributed by atoms with van der Waals surface area (Å²) in [5, 5.41) is 10.5. The van der Waals surface area contributed by atoms with Gasteiger partial charge in [0.1, 0.15) is 6.54 Å². The molecule has 0 aliphatic heterocycles. The van der Waals surface area contributed by atoms with Gasteiger partial charge in [0.25, 0.3) is 0 Å². The molecule has 1 rings (SSSR count). The average Bonchev–Trinajstić information content (AvgIpc) is 2.34. The summed E-state index contributed by atoms with van der Waals surface area (Å²) >= 11 is 0. The Kier molecular flexibility index (Phi) is 4.87. The molecular formula is C12H13NO4. The van der Waals surface area contributed by atoms with E-state index < -0.39 is 18.4 Å². The van der Waals surface area contributed by atoms with Crippen molar-refractivity contribution in [3.05, 3.63) is 35.9 Å². The highest BCUT2D eigenvalue weighted by molar-refractivity contribution is 5.98. The first-order valence-corrected chi connectivity index (χ1v) is 5.16. The van der Waals surface area contributed by atoms with E-state index in [1.165, 1.54) is 0 Å². The van der Waals surface area contributed by atoms with Gasteiger partial charge in [0.2, 0.25) is 5.91 Å². The molecule has 5 heteroatoms. The number of carboxylic acid groups (broad SMARTS) is 1. The molecular weight excluding hydrogens is 222 g/mol. The predicted octanol–water partition coefficient (Wildman–Crippen LogP) is 0.850. The number of aliphatic carboxylic acids is 1. The maximum Gasteiger partial charge on any atom is 0.322 e. The van der Waals surface area contributed by atoms with E-state index in [0.717, 1.165) is 0 Å². The van der Waals surface area contributed by atoms with Crippen molar-refractivity contribution in [2.24, 2.45) is 0 Å². The van der Waals surface area contributed by atoms with Crippen molar-refractivity contribution in [2.45, 2.75) is 12.8 Å². The maximum atomic E-state index is 11.6. The van der Waals surface area contributed by atoms with Gasteiger partial charge in [0.05, 0.1) is 0 Å². The molecule has 0 aromatic heterocycles.